The molecule has 0 radical (unpaired) electrons. The number of rotatable bonds is 8. The molecule has 1 atom stereocenters. The minimum absolute atomic E-state index is 0.0119. The molecular weight excluding hydrogens is 281 g/mol. The fraction of sp³-hybridized carbons (Fsp3) is 0.600. The van der Waals surface area contributed by atoms with Crippen molar-refractivity contribution in [2.24, 2.45) is 11.7 Å². The number of ether oxygens (including phenoxy) is 2. The topological polar surface area (TPSA) is 44.5 Å². The first kappa shape index (κ1) is 17.2. The van der Waals surface area contributed by atoms with Crippen LogP contribution in [0.3, 0.4) is 0 Å². The SMILES string of the molecule is COCCCOc1cc(CC(N)C(C)C)cc(Cl)c1F. The maximum Gasteiger partial charge on any atom is 0.183 e. The zero-order chi connectivity index (χ0) is 15.1. The molecule has 1 aromatic carbocycles. The van der Waals surface area contributed by atoms with Crippen molar-refractivity contribution in [1.29, 1.82) is 0 Å². The highest BCUT2D eigenvalue weighted by Crippen LogP contribution is 2.28. The first-order valence-electron chi connectivity index (χ1n) is 6.81. The maximum atomic E-state index is 13.9. The van der Waals surface area contributed by atoms with Crippen LogP contribution in [-0.4, -0.2) is 26.4 Å². The fourth-order valence-electron chi connectivity index (χ4n) is 1.73. The van der Waals surface area contributed by atoms with Crippen molar-refractivity contribution in [3.05, 3.63) is 28.5 Å². The van der Waals surface area contributed by atoms with E-state index in [1.54, 1.807) is 19.2 Å². The van der Waals surface area contributed by atoms with Gasteiger partial charge in [0, 0.05) is 26.2 Å². The smallest absolute Gasteiger partial charge is 0.183 e. The summed E-state index contributed by atoms with van der Waals surface area (Å²) < 4.78 is 24.2. The van der Waals surface area contributed by atoms with E-state index in [2.05, 4.69) is 13.8 Å². The van der Waals surface area contributed by atoms with E-state index in [0.717, 1.165) is 5.56 Å². The Kier molecular flexibility index (Phi) is 7.27. The number of nitrogens with two attached hydrogens (primary N) is 1. The molecule has 0 bridgehead atoms. The van der Waals surface area contributed by atoms with Gasteiger partial charge in [-0.3, -0.25) is 0 Å². The third-order valence-electron chi connectivity index (χ3n) is 3.13. The molecule has 0 heterocycles. The van der Waals surface area contributed by atoms with Crippen molar-refractivity contribution >= 4 is 11.6 Å². The summed E-state index contributed by atoms with van der Waals surface area (Å²) in [7, 11) is 1.62. The molecule has 0 saturated carbocycles. The highest BCUT2D eigenvalue weighted by atomic mass is 35.5. The van der Waals surface area contributed by atoms with Gasteiger partial charge >= 0.3 is 0 Å². The zero-order valence-electron chi connectivity index (χ0n) is 12.3. The number of hydrogen-bond acceptors (Lipinski definition) is 3. The Bertz CT molecular complexity index is 427. The van der Waals surface area contributed by atoms with Gasteiger partial charge in [0.2, 0.25) is 0 Å². The number of benzene rings is 1. The molecule has 1 unspecified atom stereocenters. The molecule has 0 spiro atoms. The molecule has 20 heavy (non-hydrogen) atoms. The third kappa shape index (κ3) is 5.27. The summed E-state index contributed by atoms with van der Waals surface area (Å²) in [5, 5.41) is 0.0696. The van der Waals surface area contributed by atoms with Crippen LogP contribution < -0.4 is 10.5 Å². The number of halogens is 2. The second-order valence-electron chi connectivity index (χ2n) is 5.20. The highest BCUT2D eigenvalue weighted by Gasteiger charge is 2.14. The van der Waals surface area contributed by atoms with E-state index < -0.39 is 5.82 Å². The van der Waals surface area contributed by atoms with Crippen LogP contribution in [-0.2, 0) is 11.2 Å². The summed E-state index contributed by atoms with van der Waals surface area (Å²) >= 11 is 5.90. The van der Waals surface area contributed by atoms with Crippen LogP contribution in [0.15, 0.2) is 12.1 Å². The van der Waals surface area contributed by atoms with Crippen molar-refractivity contribution in [3.63, 3.8) is 0 Å². The summed E-state index contributed by atoms with van der Waals surface area (Å²) in [5.41, 5.74) is 6.92. The van der Waals surface area contributed by atoms with Gasteiger partial charge < -0.3 is 15.2 Å². The van der Waals surface area contributed by atoms with Crippen LogP contribution in [0, 0.1) is 11.7 Å². The molecule has 0 fully saturated rings. The Morgan fingerprint density at radius 1 is 1.30 bits per heavy atom. The Morgan fingerprint density at radius 3 is 2.60 bits per heavy atom. The average Bonchev–Trinajstić information content (AvgIpc) is 2.39. The van der Waals surface area contributed by atoms with Crippen LogP contribution >= 0.6 is 11.6 Å². The molecule has 1 rings (SSSR count). The average molecular weight is 304 g/mol. The largest absolute Gasteiger partial charge is 0.490 e. The third-order valence-corrected chi connectivity index (χ3v) is 3.41. The highest BCUT2D eigenvalue weighted by molar-refractivity contribution is 6.31. The normalized spacial score (nSPS) is 12.8. The lowest BCUT2D eigenvalue weighted by Gasteiger charge is -2.17. The first-order valence-corrected chi connectivity index (χ1v) is 7.18. The van der Waals surface area contributed by atoms with E-state index in [1.165, 1.54) is 0 Å². The molecule has 0 saturated heterocycles. The molecule has 114 valence electrons. The second-order valence-corrected chi connectivity index (χ2v) is 5.60. The van der Waals surface area contributed by atoms with Crippen molar-refractivity contribution < 1.29 is 13.9 Å². The zero-order valence-corrected chi connectivity index (χ0v) is 13.0. The van der Waals surface area contributed by atoms with Gasteiger partial charge in [-0.15, -0.1) is 0 Å². The van der Waals surface area contributed by atoms with Crippen molar-refractivity contribution in [2.45, 2.75) is 32.7 Å². The Labute approximate surface area is 125 Å². The lowest BCUT2D eigenvalue weighted by molar-refractivity contribution is 0.170. The van der Waals surface area contributed by atoms with E-state index in [-0.39, 0.29) is 16.8 Å². The van der Waals surface area contributed by atoms with E-state index in [4.69, 9.17) is 26.8 Å². The number of hydrogen-bond donors (Lipinski definition) is 1. The van der Waals surface area contributed by atoms with Gasteiger partial charge in [-0.05, 0) is 30.0 Å². The van der Waals surface area contributed by atoms with Crippen LogP contribution in [0.2, 0.25) is 5.02 Å². The molecule has 0 aliphatic rings. The molecule has 0 aliphatic heterocycles. The lowest BCUT2D eigenvalue weighted by atomic mass is 9.97. The Balaban J connectivity index is 2.75. The van der Waals surface area contributed by atoms with E-state index in [0.29, 0.717) is 32.0 Å². The van der Waals surface area contributed by atoms with Crippen molar-refractivity contribution in [2.75, 3.05) is 20.3 Å². The van der Waals surface area contributed by atoms with Gasteiger partial charge in [-0.25, -0.2) is 4.39 Å². The minimum atomic E-state index is -0.522. The van der Waals surface area contributed by atoms with Crippen molar-refractivity contribution in [3.8, 4) is 5.75 Å². The fourth-order valence-corrected chi connectivity index (χ4v) is 1.97. The van der Waals surface area contributed by atoms with E-state index in [9.17, 15) is 4.39 Å². The van der Waals surface area contributed by atoms with Gasteiger partial charge in [-0.1, -0.05) is 25.4 Å². The molecular formula is C15H23ClFNO2. The van der Waals surface area contributed by atoms with Gasteiger partial charge in [0.05, 0.1) is 11.6 Å². The molecule has 0 aliphatic carbocycles. The molecule has 5 heteroatoms. The number of methoxy groups -OCH3 is 1. The predicted molar refractivity (Wildman–Crippen MR) is 79.9 cm³/mol. The summed E-state index contributed by atoms with van der Waals surface area (Å²) in [4.78, 5) is 0. The molecule has 0 amide bonds. The van der Waals surface area contributed by atoms with Crippen LogP contribution in [0.4, 0.5) is 4.39 Å². The van der Waals surface area contributed by atoms with E-state index >= 15 is 0 Å². The standard InChI is InChI=1S/C15H23ClFNO2/c1-10(2)13(18)8-11-7-12(16)15(17)14(9-11)20-6-4-5-19-3/h7,9-10,13H,4-6,8,18H2,1-3H3. The summed E-state index contributed by atoms with van der Waals surface area (Å²) in [6, 6.07) is 3.30. The monoisotopic (exact) mass is 303 g/mol. The van der Waals surface area contributed by atoms with Gasteiger partial charge in [0.25, 0.3) is 0 Å². The molecule has 3 nitrogen and oxygen atoms in total. The lowest BCUT2D eigenvalue weighted by Crippen LogP contribution is -2.28. The summed E-state index contributed by atoms with van der Waals surface area (Å²) in [6.45, 7) is 5.07. The quantitative estimate of drug-likeness (QED) is 0.748. The van der Waals surface area contributed by atoms with Gasteiger partial charge in [0.15, 0.2) is 11.6 Å². The van der Waals surface area contributed by atoms with Gasteiger partial charge in [-0.2, -0.15) is 0 Å². The second kappa shape index (κ2) is 8.45. The molecule has 0 aromatic heterocycles. The van der Waals surface area contributed by atoms with Crippen LogP contribution in [0.25, 0.3) is 0 Å². The Morgan fingerprint density at radius 2 is 2.00 bits per heavy atom. The molecule has 2 N–H and O–H groups in total. The van der Waals surface area contributed by atoms with Crippen LogP contribution in [0.5, 0.6) is 5.75 Å². The minimum Gasteiger partial charge on any atom is -0.490 e. The summed E-state index contributed by atoms with van der Waals surface area (Å²) in [5.74, 6) is 0.00964. The first-order chi connectivity index (χ1) is 9.45. The molecule has 1 aromatic rings. The van der Waals surface area contributed by atoms with Crippen LogP contribution in [0.1, 0.15) is 25.8 Å². The Hall–Kier alpha value is -0.840. The van der Waals surface area contributed by atoms with Gasteiger partial charge in [0.1, 0.15) is 0 Å². The summed E-state index contributed by atoms with van der Waals surface area (Å²) in [6.07, 6.45) is 1.34. The predicted octanol–water partition coefficient (Wildman–Crippen LogP) is 3.42. The van der Waals surface area contributed by atoms with E-state index in [1.807, 2.05) is 0 Å². The maximum absolute atomic E-state index is 13.9. The van der Waals surface area contributed by atoms with Crippen molar-refractivity contribution in [1.82, 2.24) is 0 Å².